The highest BCUT2D eigenvalue weighted by atomic mass is 35.5. The van der Waals surface area contributed by atoms with E-state index >= 15 is 0 Å². The Hall–Kier alpha value is -1.06. The summed E-state index contributed by atoms with van der Waals surface area (Å²) in [6.07, 6.45) is 1.86. The van der Waals surface area contributed by atoms with Crippen LogP contribution in [0.25, 0.3) is 0 Å². The van der Waals surface area contributed by atoms with Gasteiger partial charge >= 0.3 is 0 Å². The number of nitrogens with zero attached hydrogens (tertiary/aromatic N) is 1. The van der Waals surface area contributed by atoms with Crippen molar-refractivity contribution in [1.29, 1.82) is 0 Å². The molecular formula is C17H25ClN2O. The third-order valence-electron chi connectivity index (χ3n) is 4.12. The van der Waals surface area contributed by atoms with E-state index in [0.717, 1.165) is 30.0 Å². The van der Waals surface area contributed by atoms with Crippen molar-refractivity contribution in [2.75, 3.05) is 6.54 Å². The van der Waals surface area contributed by atoms with Crippen LogP contribution in [-0.4, -0.2) is 29.4 Å². The normalized spacial score (nSPS) is 22.3. The van der Waals surface area contributed by atoms with Gasteiger partial charge in [-0.3, -0.25) is 4.79 Å². The van der Waals surface area contributed by atoms with E-state index in [1.54, 1.807) is 0 Å². The van der Waals surface area contributed by atoms with Crippen LogP contribution in [0, 0.1) is 5.92 Å². The lowest BCUT2D eigenvalue weighted by Crippen LogP contribution is -2.46. The number of piperidine rings is 1. The molecule has 1 aliphatic rings. The molecule has 1 saturated heterocycles. The first-order chi connectivity index (χ1) is 9.97. The van der Waals surface area contributed by atoms with Crippen molar-refractivity contribution in [1.82, 2.24) is 10.2 Å². The lowest BCUT2D eigenvalue weighted by atomic mass is 9.91. The fourth-order valence-corrected chi connectivity index (χ4v) is 3.15. The third-order valence-corrected chi connectivity index (χ3v) is 4.36. The van der Waals surface area contributed by atoms with Gasteiger partial charge in [0, 0.05) is 29.6 Å². The van der Waals surface area contributed by atoms with E-state index in [4.69, 9.17) is 11.6 Å². The molecule has 1 amide bonds. The zero-order valence-electron chi connectivity index (χ0n) is 13.1. The Balaban J connectivity index is 2.09. The Labute approximate surface area is 132 Å². The Morgan fingerprint density at radius 3 is 2.86 bits per heavy atom. The summed E-state index contributed by atoms with van der Waals surface area (Å²) in [6, 6.07) is 8.39. The van der Waals surface area contributed by atoms with Gasteiger partial charge in [-0.2, -0.15) is 0 Å². The predicted molar refractivity (Wildman–Crippen MR) is 87.3 cm³/mol. The second-order valence-corrected chi connectivity index (χ2v) is 6.70. The summed E-state index contributed by atoms with van der Waals surface area (Å²) < 4.78 is 0. The van der Waals surface area contributed by atoms with Gasteiger partial charge in [-0.05, 0) is 57.9 Å². The molecule has 1 fully saturated rings. The number of hydrogen-bond acceptors (Lipinski definition) is 2. The summed E-state index contributed by atoms with van der Waals surface area (Å²) in [5.74, 6) is 0.418. The van der Waals surface area contributed by atoms with E-state index in [2.05, 4.69) is 26.1 Å². The lowest BCUT2D eigenvalue weighted by molar-refractivity contribution is -0.139. The summed E-state index contributed by atoms with van der Waals surface area (Å²) in [7, 11) is 0. The number of halogens is 1. The highest BCUT2D eigenvalue weighted by molar-refractivity contribution is 6.30. The van der Waals surface area contributed by atoms with E-state index in [1.165, 1.54) is 0 Å². The van der Waals surface area contributed by atoms with Gasteiger partial charge < -0.3 is 10.2 Å². The Kier molecular flexibility index (Phi) is 5.65. The molecule has 1 aromatic carbocycles. The smallest absolute Gasteiger partial charge is 0.226 e. The van der Waals surface area contributed by atoms with Crippen molar-refractivity contribution in [2.24, 2.45) is 5.92 Å². The van der Waals surface area contributed by atoms with Crippen LogP contribution in [0.2, 0.25) is 5.02 Å². The van der Waals surface area contributed by atoms with Crippen LogP contribution in [0.3, 0.4) is 0 Å². The first kappa shape index (κ1) is 16.3. The molecule has 21 heavy (non-hydrogen) atoms. The van der Waals surface area contributed by atoms with Crippen LogP contribution in [-0.2, 0) is 11.3 Å². The molecule has 1 N–H and O–H groups in total. The number of nitrogens with one attached hydrogen (secondary N) is 1. The molecule has 2 rings (SSSR count). The van der Waals surface area contributed by atoms with Crippen molar-refractivity contribution in [3.05, 3.63) is 34.9 Å². The summed E-state index contributed by atoms with van der Waals surface area (Å²) in [6.45, 7) is 7.87. The number of carbonyl (C=O) groups is 1. The van der Waals surface area contributed by atoms with E-state index in [9.17, 15) is 4.79 Å². The third kappa shape index (κ3) is 4.45. The fraction of sp³-hybridized carbons (Fsp3) is 0.588. The van der Waals surface area contributed by atoms with Gasteiger partial charge in [-0.25, -0.2) is 0 Å². The van der Waals surface area contributed by atoms with Gasteiger partial charge in [0.05, 0.1) is 0 Å². The summed E-state index contributed by atoms with van der Waals surface area (Å²) in [4.78, 5) is 14.8. The van der Waals surface area contributed by atoms with Gasteiger partial charge in [-0.1, -0.05) is 23.7 Å². The van der Waals surface area contributed by atoms with Crippen LogP contribution in [0.5, 0.6) is 0 Å². The molecule has 0 bridgehead atoms. The van der Waals surface area contributed by atoms with Crippen molar-refractivity contribution in [3.8, 4) is 0 Å². The topological polar surface area (TPSA) is 32.3 Å². The molecule has 2 unspecified atom stereocenters. The first-order valence-corrected chi connectivity index (χ1v) is 8.13. The van der Waals surface area contributed by atoms with E-state index in [-0.39, 0.29) is 17.9 Å². The monoisotopic (exact) mass is 308 g/mol. The van der Waals surface area contributed by atoms with Crippen LogP contribution in [0.15, 0.2) is 24.3 Å². The van der Waals surface area contributed by atoms with Gasteiger partial charge in [0.25, 0.3) is 0 Å². The van der Waals surface area contributed by atoms with Gasteiger partial charge in [0.2, 0.25) is 5.91 Å². The lowest BCUT2D eigenvalue weighted by Gasteiger charge is -2.34. The van der Waals surface area contributed by atoms with Crippen LogP contribution >= 0.6 is 11.6 Å². The molecule has 116 valence electrons. The van der Waals surface area contributed by atoms with E-state index < -0.39 is 0 Å². The minimum absolute atomic E-state index is 0.142. The molecule has 0 radical (unpaired) electrons. The standard InChI is InChI=1S/C17H25ClN2O/c1-12(2)20(11-14-5-4-6-16(18)10-14)17(21)15-7-8-19-13(3)9-15/h4-6,10,12-13,15,19H,7-9,11H2,1-3H3. The zero-order valence-corrected chi connectivity index (χ0v) is 13.9. The molecule has 4 heteroatoms. The van der Waals surface area contributed by atoms with Crippen molar-refractivity contribution in [3.63, 3.8) is 0 Å². The largest absolute Gasteiger partial charge is 0.336 e. The number of amides is 1. The average molecular weight is 309 g/mol. The Morgan fingerprint density at radius 1 is 1.48 bits per heavy atom. The Morgan fingerprint density at radius 2 is 2.24 bits per heavy atom. The molecule has 0 spiro atoms. The maximum atomic E-state index is 12.8. The van der Waals surface area contributed by atoms with Crippen LogP contribution in [0.1, 0.15) is 39.2 Å². The van der Waals surface area contributed by atoms with Gasteiger partial charge in [-0.15, -0.1) is 0 Å². The number of carbonyl (C=O) groups excluding carboxylic acids is 1. The number of rotatable bonds is 4. The second-order valence-electron chi connectivity index (χ2n) is 6.27. The minimum atomic E-state index is 0.142. The van der Waals surface area contributed by atoms with Crippen molar-refractivity contribution < 1.29 is 4.79 Å². The minimum Gasteiger partial charge on any atom is -0.336 e. The number of benzene rings is 1. The summed E-state index contributed by atoms with van der Waals surface area (Å²) in [5.41, 5.74) is 1.09. The second kappa shape index (κ2) is 7.28. The summed E-state index contributed by atoms with van der Waals surface area (Å²) >= 11 is 6.04. The quantitative estimate of drug-likeness (QED) is 0.924. The number of hydrogen-bond donors (Lipinski definition) is 1. The maximum absolute atomic E-state index is 12.8. The molecule has 0 aliphatic carbocycles. The van der Waals surface area contributed by atoms with Gasteiger partial charge in [0.15, 0.2) is 0 Å². The van der Waals surface area contributed by atoms with E-state index in [0.29, 0.717) is 12.6 Å². The van der Waals surface area contributed by atoms with Gasteiger partial charge in [0.1, 0.15) is 0 Å². The van der Waals surface area contributed by atoms with Crippen LogP contribution < -0.4 is 5.32 Å². The molecular weight excluding hydrogens is 284 g/mol. The zero-order chi connectivity index (χ0) is 15.4. The molecule has 1 aromatic rings. The SMILES string of the molecule is CC1CC(C(=O)N(Cc2cccc(Cl)c2)C(C)C)CCN1. The van der Waals surface area contributed by atoms with E-state index in [1.807, 2.05) is 29.2 Å². The highest BCUT2D eigenvalue weighted by Gasteiger charge is 2.29. The first-order valence-electron chi connectivity index (χ1n) is 7.75. The molecule has 2 atom stereocenters. The van der Waals surface area contributed by atoms with Crippen molar-refractivity contribution in [2.45, 2.75) is 52.2 Å². The molecule has 1 aliphatic heterocycles. The predicted octanol–water partition coefficient (Wildman–Crippen LogP) is 3.47. The maximum Gasteiger partial charge on any atom is 0.226 e. The van der Waals surface area contributed by atoms with Crippen molar-refractivity contribution >= 4 is 17.5 Å². The molecule has 1 heterocycles. The molecule has 0 aromatic heterocycles. The molecule has 0 saturated carbocycles. The Bertz CT molecular complexity index is 489. The summed E-state index contributed by atoms with van der Waals surface area (Å²) in [5, 5.41) is 4.13. The average Bonchev–Trinajstić information content (AvgIpc) is 2.44. The van der Waals surface area contributed by atoms with Crippen LogP contribution in [0.4, 0.5) is 0 Å². The highest BCUT2D eigenvalue weighted by Crippen LogP contribution is 2.22. The molecule has 3 nitrogen and oxygen atoms in total. The fourth-order valence-electron chi connectivity index (χ4n) is 2.94.